The Morgan fingerprint density at radius 1 is 1.25 bits per heavy atom. The van der Waals surface area contributed by atoms with Crippen LogP contribution in [0.15, 0.2) is 53.0 Å². The zero-order chi connectivity index (χ0) is 20.7. The summed E-state index contributed by atoms with van der Waals surface area (Å²) in [5.74, 6) is -0.395. The number of benzene rings is 2. The predicted molar refractivity (Wildman–Crippen MR) is 107 cm³/mol. The van der Waals surface area contributed by atoms with E-state index in [1.165, 1.54) is 30.4 Å². The third-order valence-electron chi connectivity index (χ3n) is 3.42. The molecular weight excluding hydrogens is 455 g/mol. The van der Waals surface area contributed by atoms with Crippen molar-refractivity contribution >= 4 is 33.5 Å². The highest BCUT2D eigenvalue weighted by Crippen LogP contribution is 2.33. The van der Waals surface area contributed by atoms with E-state index in [4.69, 9.17) is 30.9 Å². The Morgan fingerprint density at radius 3 is 2.68 bits per heavy atom. The Hall–Kier alpha value is -2.09. The van der Waals surface area contributed by atoms with Crippen LogP contribution in [-0.4, -0.2) is 29.9 Å². The third-order valence-corrected chi connectivity index (χ3v) is 4.22. The van der Waals surface area contributed by atoms with Crippen molar-refractivity contribution in [2.75, 3.05) is 6.61 Å². The number of carbonyl (C=O) groups excluding carboxylic acids is 1. The Balaban J connectivity index is 2.05. The van der Waals surface area contributed by atoms with Gasteiger partial charge in [-0.25, -0.2) is 9.18 Å². The molecular formula is C20H19BrClFO5. The quantitative estimate of drug-likeness (QED) is 0.417. The van der Waals surface area contributed by atoms with E-state index in [0.717, 1.165) is 0 Å². The molecule has 28 heavy (non-hydrogen) atoms. The Bertz CT molecular complexity index is 858. The Kier molecular flexibility index (Phi) is 8.29. The summed E-state index contributed by atoms with van der Waals surface area (Å²) >= 11 is 9.33. The molecule has 0 aliphatic carbocycles. The van der Waals surface area contributed by atoms with Crippen molar-refractivity contribution in [1.29, 1.82) is 0 Å². The van der Waals surface area contributed by atoms with Gasteiger partial charge in [0.05, 0.1) is 11.6 Å². The summed E-state index contributed by atoms with van der Waals surface area (Å²) in [4.78, 5) is 11.6. The highest BCUT2D eigenvalue weighted by molar-refractivity contribution is 9.10. The van der Waals surface area contributed by atoms with Crippen molar-refractivity contribution < 1.29 is 28.5 Å². The minimum absolute atomic E-state index is 0.0603. The van der Waals surface area contributed by atoms with E-state index >= 15 is 0 Å². The molecule has 0 saturated carbocycles. The molecule has 2 rings (SSSR count). The molecule has 0 aliphatic heterocycles. The number of hydrogen-bond donors (Lipinski definition) is 1. The molecule has 2 unspecified atom stereocenters. The average molecular weight is 474 g/mol. The first-order valence-corrected chi connectivity index (χ1v) is 9.54. The lowest BCUT2D eigenvalue weighted by molar-refractivity contribution is -0.143. The molecule has 5 nitrogen and oxygen atoms in total. The Labute approximate surface area is 175 Å². The fraction of sp³-hybridized carbons (Fsp3) is 0.250. The maximum absolute atomic E-state index is 13.9. The highest BCUT2D eigenvalue weighted by atomic mass is 79.9. The van der Waals surface area contributed by atoms with E-state index in [1.54, 1.807) is 32.0 Å². The maximum Gasteiger partial charge on any atom is 0.330 e. The summed E-state index contributed by atoms with van der Waals surface area (Å²) in [6.07, 6.45) is 1.61. The van der Waals surface area contributed by atoms with Crippen LogP contribution >= 0.6 is 27.5 Å². The van der Waals surface area contributed by atoms with Crippen LogP contribution in [0.1, 0.15) is 13.8 Å². The van der Waals surface area contributed by atoms with E-state index in [1.807, 2.05) is 0 Å². The monoisotopic (exact) mass is 472 g/mol. The molecule has 0 bridgehead atoms. The lowest BCUT2D eigenvalue weighted by atomic mass is 10.3. The van der Waals surface area contributed by atoms with Gasteiger partial charge in [-0.15, -0.1) is 0 Å². The van der Waals surface area contributed by atoms with Gasteiger partial charge in [0.1, 0.15) is 23.7 Å². The van der Waals surface area contributed by atoms with E-state index in [0.29, 0.717) is 21.0 Å². The fourth-order valence-corrected chi connectivity index (χ4v) is 2.55. The van der Waals surface area contributed by atoms with Crippen LogP contribution < -0.4 is 9.47 Å². The van der Waals surface area contributed by atoms with E-state index in [2.05, 4.69) is 15.9 Å². The van der Waals surface area contributed by atoms with Crippen LogP contribution in [0, 0.1) is 5.82 Å². The molecule has 2 aromatic rings. The normalized spacial score (nSPS) is 13.2. The van der Waals surface area contributed by atoms with Gasteiger partial charge in [0.2, 0.25) is 0 Å². The molecule has 150 valence electrons. The standard InChI is InChI=1S/C20H19BrClFO5/c1-12(3-8-20(25)27-13(2)11-24)26-19-10-15(5-6-16(19)22)28-18-7-4-14(21)9-17(18)23/h3-10,12-13,24H,11H2,1-2H3/b8-3+. The van der Waals surface area contributed by atoms with Gasteiger partial charge < -0.3 is 19.3 Å². The summed E-state index contributed by atoms with van der Waals surface area (Å²) in [7, 11) is 0. The lowest BCUT2D eigenvalue weighted by Crippen LogP contribution is -2.17. The van der Waals surface area contributed by atoms with E-state index in [-0.39, 0.29) is 12.4 Å². The van der Waals surface area contributed by atoms with Gasteiger partial charge in [0.25, 0.3) is 0 Å². The van der Waals surface area contributed by atoms with E-state index in [9.17, 15) is 9.18 Å². The number of carbonyl (C=O) groups is 1. The summed E-state index contributed by atoms with van der Waals surface area (Å²) in [6.45, 7) is 3.02. The zero-order valence-electron chi connectivity index (χ0n) is 15.2. The minimum Gasteiger partial charge on any atom is -0.485 e. The van der Waals surface area contributed by atoms with Gasteiger partial charge in [-0.3, -0.25) is 0 Å². The van der Waals surface area contributed by atoms with Crippen molar-refractivity contribution in [2.45, 2.75) is 26.1 Å². The number of esters is 1. The second-order valence-corrected chi connectivity index (χ2v) is 7.20. The van der Waals surface area contributed by atoms with Crippen LogP contribution in [-0.2, 0) is 9.53 Å². The van der Waals surface area contributed by atoms with Crippen molar-refractivity contribution in [1.82, 2.24) is 0 Å². The topological polar surface area (TPSA) is 65.0 Å². The number of rotatable bonds is 8. The number of hydrogen-bond acceptors (Lipinski definition) is 5. The van der Waals surface area contributed by atoms with Crippen molar-refractivity contribution in [3.63, 3.8) is 0 Å². The first kappa shape index (κ1) is 22.2. The predicted octanol–water partition coefficient (Wildman–Crippen LogP) is 5.28. The zero-order valence-corrected chi connectivity index (χ0v) is 17.5. The van der Waals surface area contributed by atoms with Gasteiger partial charge in [-0.1, -0.05) is 27.5 Å². The van der Waals surface area contributed by atoms with Crippen LogP contribution in [0.2, 0.25) is 5.02 Å². The van der Waals surface area contributed by atoms with Crippen molar-refractivity contribution in [2.24, 2.45) is 0 Å². The van der Waals surface area contributed by atoms with Gasteiger partial charge in [0, 0.05) is 16.6 Å². The molecule has 0 heterocycles. The van der Waals surface area contributed by atoms with Gasteiger partial charge >= 0.3 is 5.97 Å². The first-order chi connectivity index (χ1) is 13.3. The van der Waals surface area contributed by atoms with Gasteiger partial charge in [0.15, 0.2) is 11.6 Å². The smallest absolute Gasteiger partial charge is 0.330 e. The molecule has 0 radical (unpaired) electrons. The molecule has 8 heteroatoms. The molecule has 2 aromatic carbocycles. The fourth-order valence-electron chi connectivity index (χ4n) is 2.05. The second-order valence-electron chi connectivity index (χ2n) is 5.88. The first-order valence-electron chi connectivity index (χ1n) is 8.37. The van der Waals surface area contributed by atoms with Gasteiger partial charge in [-0.2, -0.15) is 0 Å². The molecule has 0 fully saturated rings. The van der Waals surface area contributed by atoms with Gasteiger partial charge in [-0.05, 0) is 50.3 Å². The summed E-state index contributed by atoms with van der Waals surface area (Å²) in [5.41, 5.74) is 0. The minimum atomic E-state index is -0.592. The van der Waals surface area contributed by atoms with E-state index < -0.39 is 24.0 Å². The van der Waals surface area contributed by atoms with Crippen molar-refractivity contribution in [3.05, 3.63) is 63.9 Å². The number of halogens is 3. The molecule has 2 atom stereocenters. The molecule has 0 saturated heterocycles. The summed E-state index contributed by atoms with van der Waals surface area (Å²) in [6, 6.07) is 9.14. The summed E-state index contributed by atoms with van der Waals surface area (Å²) in [5, 5.41) is 9.20. The average Bonchev–Trinajstić information content (AvgIpc) is 2.65. The largest absolute Gasteiger partial charge is 0.485 e. The van der Waals surface area contributed by atoms with Crippen LogP contribution in [0.4, 0.5) is 4.39 Å². The molecule has 1 N–H and O–H groups in total. The van der Waals surface area contributed by atoms with Crippen LogP contribution in [0.5, 0.6) is 17.2 Å². The third kappa shape index (κ3) is 6.82. The highest BCUT2D eigenvalue weighted by Gasteiger charge is 2.11. The van der Waals surface area contributed by atoms with Crippen LogP contribution in [0.3, 0.4) is 0 Å². The van der Waals surface area contributed by atoms with Crippen LogP contribution in [0.25, 0.3) is 0 Å². The number of ether oxygens (including phenoxy) is 3. The SMILES string of the molecule is CC(/C=C/C(=O)OC(C)CO)Oc1cc(Oc2ccc(Br)cc2F)ccc1Cl. The second kappa shape index (κ2) is 10.5. The molecule has 0 aromatic heterocycles. The molecule has 0 aliphatic rings. The van der Waals surface area contributed by atoms with Crippen molar-refractivity contribution in [3.8, 4) is 17.2 Å². The summed E-state index contributed by atoms with van der Waals surface area (Å²) < 4.78 is 30.7. The number of aliphatic hydroxyl groups excluding tert-OH is 1. The Morgan fingerprint density at radius 2 is 2.00 bits per heavy atom. The molecule has 0 amide bonds. The maximum atomic E-state index is 13.9. The molecule has 0 spiro atoms. The lowest BCUT2D eigenvalue weighted by Gasteiger charge is -2.14. The number of aliphatic hydroxyl groups is 1.